The number of amides is 1. The molecule has 1 saturated carbocycles. The predicted octanol–water partition coefficient (Wildman–Crippen LogP) is 6.71. The Morgan fingerprint density at radius 3 is 2.79 bits per heavy atom. The molecule has 202 valence electrons. The first-order valence-corrected chi connectivity index (χ1v) is 13.9. The molecule has 0 saturated heterocycles. The number of rotatable bonds is 9. The minimum absolute atomic E-state index is 0.0770. The fraction of sp³-hybridized carbons (Fsp3) is 0.345. The molecule has 0 atom stereocenters. The molecular weight excluding hydrogens is 516 g/mol. The molecular formula is C29H30N4O5S. The number of carbonyl (C=O) groups is 1. The monoisotopic (exact) mass is 546 g/mol. The Hall–Kier alpha value is -4.05. The Bertz CT molecular complexity index is 1580. The van der Waals surface area contributed by atoms with Crippen molar-refractivity contribution in [2.24, 2.45) is 5.92 Å². The first-order chi connectivity index (χ1) is 19.1. The second kappa shape index (κ2) is 11.0. The molecule has 3 aromatic heterocycles. The van der Waals surface area contributed by atoms with Crippen molar-refractivity contribution in [2.45, 2.75) is 45.1 Å². The van der Waals surface area contributed by atoms with Gasteiger partial charge in [-0.15, -0.1) is 5.10 Å². The third-order valence-corrected chi connectivity index (χ3v) is 7.95. The van der Waals surface area contributed by atoms with E-state index in [1.165, 1.54) is 30.6 Å². The Balaban J connectivity index is 1.18. The molecule has 1 amide bonds. The zero-order valence-corrected chi connectivity index (χ0v) is 22.8. The number of anilines is 1. The number of fused-ring (bicyclic) bond motifs is 2. The lowest BCUT2D eigenvalue weighted by Gasteiger charge is -2.20. The van der Waals surface area contributed by atoms with Gasteiger partial charge in [-0.25, -0.2) is 9.50 Å². The summed E-state index contributed by atoms with van der Waals surface area (Å²) in [6.45, 7) is 0.318. The van der Waals surface area contributed by atoms with Crippen molar-refractivity contribution >= 4 is 38.9 Å². The Morgan fingerprint density at radius 1 is 1.13 bits per heavy atom. The van der Waals surface area contributed by atoms with E-state index in [0.29, 0.717) is 57.6 Å². The first kappa shape index (κ1) is 25.2. The highest BCUT2D eigenvalue weighted by Gasteiger charge is 2.19. The van der Waals surface area contributed by atoms with Crippen molar-refractivity contribution in [3.05, 3.63) is 54.2 Å². The van der Waals surface area contributed by atoms with Crippen molar-refractivity contribution in [3.63, 3.8) is 0 Å². The minimum atomic E-state index is 0.0770. The average Bonchev–Trinajstić information content (AvgIpc) is 3.65. The molecule has 39 heavy (non-hydrogen) atoms. The van der Waals surface area contributed by atoms with Crippen molar-refractivity contribution in [2.75, 3.05) is 19.5 Å². The molecule has 3 heterocycles. The first-order valence-electron chi connectivity index (χ1n) is 13.1. The Kier molecular flexibility index (Phi) is 7.10. The highest BCUT2D eigenvalue weighted by Crippen LogP contribution is 2.37. The van der Waals surface area contributed by atoms with Crippen LogP contribution in [0.15, 0.2) is 53.1 Å². The largest absolute Gasteiger partial charge is 0.496 e. The lowest BCUT2D eigenvalue weighted by atomic mass is 9.87. The van der Waals surface area contributed by atoms with Gasteiger partial charge in [0, 0.05) is 24.2 Å². The molecule has 1 fully saturated rings. The van der Waals surface area contributed by atoms with Crippen LogP contribution in [0.2, 0.25) is 0 Å². The number of ether oxygens (including phenoxy) is 3. The van der Waals surface area contributed by atoms with Crippen molar-refractivity contribution < 1.29 is 23.4 Å². The molecule has 1 aliphatic rings. The normalized spacial score (nSPS) is 14.1. The van der Waals surface area contributed by atoms with Gasteiger partial charge in [0.05, 0.1) is 25.8 Å². The van der Waals surface area contributed by atoms with Gasteiger partial charge in [-0.05, 0) is 53.9 Å². The molecule has 0 aliphatic heterocycles. The predicted molar refractivity (Wildman–Crippen MR) is 150 cm³/mol. The number of furan rings is 1. The molecule has 10 heteroatoms. The van der Waals surface area contributed by atoms with Crippen LogP contribution < -0.4 is 19.5 Å². The third kappa shape index (κ3) is 5.56. The maximum absolute atomic E-state index is 12.6. The van der Waals surface area contributed by atoms with Crippen LogP contribution in [0, 0.1) is 5.92 Å². The van der Waals surface area contributed by atoms with Gasteiger partial charge in [0.1, 0.15) is 29.4 Å². The molecule has 0 bridgehead atoms. The zero-order valence-electron chi connectivity index (χ0n) is 21.9. The second-order valence-corrected chi connectivity index (χ2v) is 10.7. The number of imidazole rings is 1. The summed E-state index contributed by atoms with van der Waals surface area (Å²) >= 11 is 1.35. The van der Waals surface area contributed by atoms with Gasteiger partial charge in [0.25, 0.3) is 5.19 Å². The third-order valence-electron chi connectivity index (χ3n) is 7.06. The van der Waals surface area contributed by atoms with Crippen LogP contribution in [0.3, 0.4) is 0 Å². The molecule has 9 nitrogen and oxygen atoms in total. The molecule has 2 aromatic carbocycles. The summed E-state index contributed by atoms with van der Waals surface area (Å²) in [5.41, 5.74) is 3.02. The summed E-state index contributed by atoms with van der Waals surface area (Å²) in [4.78, 5) is 17.9. The van der Waals surface area contributed by atoms with E-state index < -0.39 is 0 Å². The number of hydrogen-bond acceptors (Lipinski definition) is 8. The standard InChI is InChI=1S/C29H30N4O5S/c1-35-21-13-24(22-15-26(38-25(22)14-21)23-16-33-28(31-23)39-29(32-33)36-2)37-17-19-9-6-10-20(11-19)30-27(34)12-18-7-4-3-5-8-18/h6,9-11,13-16,18H,3-5,7-8,12,17H2,1-2H3,(H,30,34). The van der Waals surface area contributed by atoms with E-state index >= 15 is 0 Å². The van der Waals surface area contributed by atoms with E-state index in [2.05, 4.69) is 15.4 Å². The van der Waals surface area contributed by atoms with Gasteiger partial charge in [0.2, 0.25) is 10.9 Å². The van der Waals surface area contributed by atoms with E-state index in [9.17, 15) is 4.79 Å². The van der Waals surface area contributed by atoms with Gasteiger partial charge in [0.15, 0.2) is 5.76 Å². The number of carbonyl (C=O) groups excluding carboxylic acids is 1. The van der Waals surface area contributed by atoms with Gasteiger partial charge < -0.3 is 23.9 Å². The van der Waals surface area contributed by atoms with Gasteiger partial charge in [-0.1, -0.05) is 31.4 Å². The van der Waals surface area contributed by atoms with Crippen molar-refractivity contribution in [1.29, 1.82) is 0 Å². The van der Waals surface area contributed by atoms with E-state index in [1.807, 2.05) is 42.5 Å². The molecule has 0 radical (unpaired) electrons. The molecule has 1 N–H and O–H groups in total. The van der Waals surface area contributed by atoms with E-state index in [0.717, 1.165) is 29.5 Å². The highest BCUT2D eigenvalue weighted by atomic mass is 32.1. The zero-order chi connectivity index (χ0) is 26.8. The Morgan fingerprint density at radius 2 is 2.00 bits per heavy atom. The molecule has 6 rings (SSSR count). The maximum Gasteiger partial charge on any atom is 0.294 e. The number of nitrogens with one attached hydrogen (secondary N) is 1. The van der Waals surface area contributed by atoms with Gasteiger partial charge in [-0.2, -0.15) is 0 Å². The number of methoxy groups -OCH3 is 2. The summed E-state index contributed by atoms with van der Waals surface area (Å²) in [5.74, 6) is 2.43. The van der Waals surface area contributed by atoms with Crippen LogP contribution in [0.25, 0.3) is 27.4 Å². The number of hydrogen-bond donors (Lipinski definition) is 1. The van der Waals surface area contributed by atoms with Crippen LogP contribution in [0.4, 0.5) is 5.69 Å². The molecule has 0 unspecified atom stereocenters. The van der Waals surface area contributed by atoms with Crippen LogP contribution in [0.1, 0.15) is 44.1 Å². The second-order valence-electron chi connectivity index (χ2n) is 9.82. The SMILES string of the molecule is COc1cc(OCc2cccc(NC(=O)CC3CCCCC3)c2)c2cc(-c3cn4nc(OC)sc4n3)oc2c1. The lowest BCUT2D eigenvalue weighted by Crippen LogP contribution is -2.18. The average molecular weight is 547 g/mol. The highest BCUT2D eigenvalue weighted by molar-refractivity contribution is 7.18. The summed E-state index contributed by atoms with van der Waals surface area (Å²) < 4.78 is 24.7. The fourth-order valence-corrected chi connectivity index (χ4v) is 5.79. The number of benzene rings is 2. The van der Waals surface area contributed by atoms with E-state index in [-0.39, 0.29) is 5.91 Å². The molecule has 0 spiro atoms. The molecule has 5 aromatic rings. The number of aromatic nitrogens is 3. The lowest BCUT2D eigenvalue weighted by molar-refractivity contribution is -0.117. The Labute approximate surface area is 229 Å². The molecule has 1 aliphatic carbocycles. The summed E-state index contributed by atoms with van der Waals surface area (Å²) in [6, 6.07) is 13.4. The van der Waals surface area contributed by atoms with E-state index in [1.54, 1.807) is 24.9 Å². The quantitative estimate of drug-likeness (QED) is 0.219. The topological polar surface area (TPSA) is 100 Å². The fourth-order valence-electron chi connectivity index (χ4n) is 5.09. The van der Waals surface area contributed by atoms with Crippen LogP contribution in [-0.4, -0.2) is 34.7 Å². The minimum Gasteiger partial charge on any atom is -0.496 e. The van der Waals surface area contributed by atoms with Crippen molar-refractivity contribution in [1.82, 2.24) is 14.6 Å². The number of nitrogens with zero attached hydrogens (tertiary/aromatic N) is 3. The smallest absolute Gasteiger partial charge is 0.294 e. The van der Waals surface area contributed by atoms with Gasteiger partial charge >= 0.3 is 0 Å². The van der Waals surface area contributed by atoms with Crippen LogP contribution in [0.5, 0.6) is 16.7 Å². The summed E-state index contributed by atoms with van der Waals surface area (Å²) in [5, 5.41) is 8.75. The summed E-state index contributed by atoms with van der Waals surface area (Å²) in [6.07, 6.45) is 8.44. The van der Waals surface area contributed by atoms with Gasteiger partial charge in [-0.3, -0.25) is 4.79 Å². The summed E-state index contributed by atoms with van der Waals surface area (Å²) in [7, 11) is 3.19. The maximum atomic E-state index is 12.6. The van der Waals surface area contributed by atoms with E-state index in [4.69, 9.17) is 18.6 Å². The van der Waals surface area contributed by atoms with Crippen LogP contribution in [-0.2, 0) is 11.4 Å². The van der Waals surface area contributed by atoms with Crippen LogP contribution >= 0.6 is 11.3 Å². The van der Waals surface area contributed by atoms with Crippen molar-refractivity contribution in [3.8, 4) is 28.1 Å².